The maximum absolute atomic E-state index is 12.5. The van der Waals surface area contributed by atoms with E-state index in [1.807, 2.05) is 6.92 Å². The Hall–Kier alpha value is -2.59. The van der Waals surface area contributed by atoms with Gasteiger partial charge in [0.1, 0.15) is 5.75 Å². The Morgan fingerprint density at radius 2 is 1.66 bits per heavy atom. The molecule has 2 aromatic carbocycles. The molecule has 0 radical (unpaired) electrons. The molecule has 0 aliphatic heterocycles. The van der Waals surface area contributed by atoms with E-state index in [0.29, 0.717) is 6.42 Å². The second-order valence-electron chi connectivity index (χ2n) is 6.31. The van der Waals surface area contributed by atoms with Crippen LogP contribution in [0.3, 0.4) is 0 Å². The van der Waals surface area contributed by atoms with E-state index in [2.05, 4.69) is 10.0 Å². The highest BCUT2D eigenvalue weighted by atomic mass is 32.2. The molecule has 10 heteroatoms. The van der Waals surface area contributed by atoms with Crippen LogP contribution in [0, 0.1) is 0 Å². The average Bonchev–Trinajstić information content (AvgIpc) is 2.66. The Balaban J connectivity index is 1.90. The lowest BCUT2D eigenvalue weighted by molar-refractivity contribution is -0.137. The van der Waals surface area contributed by atoms with Crippen molar-refractivity contribution in [3.05, 3.63) is 54.1 Å². The molecule has 1 atom stereocenters. The third-order valence-corrected chi connectivity index (χ3v) is 5.57. The predicted octanol–water partition coefficient (Wildman–Crippen LogP) is 3.80. The first-order chi connectivity index (χ1) is 13.5. The molecule has 0 spiro atoms. The topological polar surface area (TPSA) is 84.5 Å². The molecular weight excluding hydrogens is 409 g/mol. The molecule has 0 saturated carbocycles. The number of sulfonamides is 1. The average molecular weight is 430 g/mol. The van der Waals surface area contributed by atoms with Gasteiger partial charge in [-0.2, -0.15) is 13.2 Å². The molecule has 0 fully saturated rings. The molecule has 158 valence electrons. The molecule has 0 heterocycles. The largest absolute Gasteiger partial charge is 0.484 e. The van der Waals surface area contributed by atoms with Crippen LogP contribution in [-0.2, 0) is 21.0 Å². The van der Waals surface area contributed by atoms with Crippen molar-refractivity contribution in [2.75, 3.05) is 11.9 Å². The molecule has 0 aromatic heterocycles. The van der Waals surface area contributed by atoms with Crippen LogP contribution in [0.2, 0.25) is 0 Å². The Morgan fingerprint density at radius 1 is 1.07 bits per heavy atom. The molecule has 0 aliphatic rings. The second kappa shape index (κ2) is 9.27. The molecule has 1 amide bonds. The van der Waals surface area contributed by atoms with Crippen molar-refractivity contribution < 1.29 is 31.1 Å². The van der Waals surface area contributed by atoms with Gasteiger partial charge in [0, 0.05) is 11.7 Å². The molecule has 0 bridgehead atoms. The number of hydrogen-bond donors (Lipinski definition) is 2. The first-order valence-electron chi connectivity index (χ1n) is 8.73. The van der Waals surface area contributed by atoms with Gasteiger partial charge in [-0.05, 0) is 61.9 Å². The van der Waals surface area contributed by atoms with E-state index in [1.165, 1.54) is 24.3 Å². The van der Waals surface area contributed by atoms with E-state index >= 15 is 0 Å². The molecular formula is C19H21F3N2O4S. The minimum absolute atomic E-state index is 0.0688. The summed E-state index contributed by atoms with van der Waals surface area (Å²) in [7, 11) is -3.64. The Kier molecular flexibility index (Phi) is 7.26. The third-order valence-electron chi connectivity index (χ3n) is 3.97. The lowest BCUT2D eigenvalue weighted by Gasteiger charge is -2.13. The van der Waals surface area contributed by atoms with Crippen LogP contribution in [-0.4, -0.2) is 27.0 Å². The highest BCUT2D eigenvalue weighted by molar-refractivity contribution is 7.89. The summed E-state index contributed by atoms with van der Waals surface area (Å²) >= 11 is 0. The van der Waals surface area contributed by atoms with Gasteiger partial charge >= 0.3 is 6.18 Å². The van der Waals surface area contributed by atoms with Gasteiger partial charge in [0.2, 0.25) is 10.0 Å². The summed E-state index contributed by atoms with van der Waals surface area (Å²) in [5, 5.41) is 2.42. The maximum Gasteiger partial charge on any atom is 0.416 e. The monoisotopic (exact) mass is 430 g/mol. The SMILES string of the molecule is CC[C@H](C)NS(=O)(=O)c1ccc(OCC(=O)Nc2ccc(C(F)(F)F)cc2)cc1. The minimum atomic E-state index is -4.45. The summed E-state index contributed by atoms with van der Waals surface area (Å²) in [6.45, 7) is 3.22. The molecule has 29 heavy (non-hydrogen) atoms. The number of halogens is 3. The molecule has 2 N–H and O–H groups in total. The number of anilines is 1. The number of carbonyl (C=O) groups is 1. The van der Waals surface area contributed by atoms with Crippen LogP contribution in [0.5, 0.6) is 5.75 Å². The van der Waals surface area contributed by atoms with Gasteiger partial charge in [-0.15, -0.1) is 0 Å². The minimum Gasteiger partial charge on any atom is -0.484 e. The smallest absolute Gasteiger partial charge is 0.416 e. The zero-order valence-electron chi connectivity index (χ0n) is 15.8. The van der Waals surface area contributed by atoms with E-state index in [4.69, 9.17) is 4.74 Å². The van der Waals surface area contributed by atoms with Gasteiger partial charge in [0.25, 0.3) is 5.91 Å². The number of alkyl halides is 3. The number of benzene rings is 2. The van der Waals surface area contributed by atoms with E-state index in [9.17, 15) is 26.4 Å². The molecule has 2 aromatic rings. The highest BCUT2D eigenvalue weighted by Gasteiger charge is 2.30. The third kappa shape index (κ3) is 6.75. The predicted molar refractivity (Wildman–Crippen MR) is 102 cm³/mol. The van der Waals surface area contributed by atoms with Crippen LogP contribution < -0.4 is 14.8 Å². The summed E-state index contributed by atoms with van der Waals surface area (Å²) in [4.78, 5) is 12.0. The summed E-state index contributed by atoms with van der Waals surface area (Å²) in [5.74, 6) is -0.296. The second-order valence-corrected chi connectivity index (χ2v) is 8.03. The fraction of sp³-hybridized carbons (Fsp3) is 0.316. The van der Waals surface area contributed by atoms with Crippen LogP contribution in [0.15, 0.2) is 53.4 Å². The van der Waals surface area contributed by atoms with Gasteiger partial charge in [-0.1, -0.05) is 6.92 Å². The van der Waals surface area contributed by atoms with E-state index in [0.717, 1.165) is 24.3 Å². The molecule has 6 nitrogen and oxygen atoms in total. The molecule has 2 rings (SSSR count). The van der Waals surface area contributed by atoms with Crippen molar-refractivity contribution >= 4 is 21.6 Å². The fourth-order valence-corrected chi connectivity index (χ4v) is 3.55. The first-order valence-corrected chi connectivity index (χ1v) is 10.2. The van der Waals surface area contributed by atoms with E-state index < -0.39 is 34.3 Å². The van der Waals surface area contributed by atoms with Crippen molar-refractivity contribution in [3.8, 4) is 5.75 Å². The Morgan fingerprint density at radius 3 is 2.17 bits per heavy atom. The first kappa shape index (κ1) is 22.7. The van der Waals surface area contributed by atoms with Crippen LogP contribution in [0.4, 0.5) is 18.9 Å². The molecule has 0 unspecified atom stereocenters. The van der Waals surface area contributed by atoms with Gasteiger partial charge in [-0.3, -0.25) is 4.79 Å². The van der Waals surface area contributed by atoms with Crippen LogP contribution in [0.1, 0.15) is 25.8 Å². The van der Waals surface area contributed by atoms with Crippen molar-refractivity contribution in [1.29, 1.82) is 0 Å². The highest BCUT2D eigenvalue weighted by Crippen LogP contribution is 2.29. The lowest BCUT2D eigenvalue weighted by Crippen LogP contribution is -2.31. The van der Waals surface area contributed by atoms with Crippen molar-refractivity contribution in [1.82, 2.24) is 4.72 Å². The normalized spacial score (nSPS) is 13.0. The van der Waals surface area contributed by atoms with Gasteiger partial charge in [-0.25, -0.2) is 13.1 Å². The standard InChI is InChI=1S/C19H21F3N2O4S/c1-3-13(2)24-29(26,27)17-10-8-16(9-11-17)28-12-18(25)23-15-6-4-14(5-7-15)19(20,21)22/h4-11,13,24H,3,12H2,1-2H3,(H,23,25)/t13-/m0/s1. The zero-order chi connectivity index (χ0) is 21.7. The fourth-order valence-electron chi connectivity index (χ4n) is 2.22. The Bertz CT molecular complexity index is 927. The summed E-state index contributed by atoms with van der Waals surface area (Å²) in [6, 6.07) is 9.35. The van der Waals surface area contributed by atoms with Crippen LogP contribution in [0.25, 0.3) is 0 Å². The number of amides is 1. The maximum atomic E-state index is 12.5. The number of carbonyl (C=O) groups excluding carboxylic acids is 1. The quantitative estimate of drug-likeness (QED) is 0.667. The van der Waals surface area contributed by atoms with E-state index in [1.54, 1.807) is 6.92 Å². The number of rotatable bonds is 8. The van der Waals surface area contributed by atoms with Crippen molar-refractivity contribution in [2.24, 2.45) is 0 Å². The molecule has 0 aliphatic carbocycles. The lowest BCUT2D eigenvalue weighted by atomic mass is 10.2. The van der Waals surface area contributed by atoms with Crippen molar-refractivity contribution in [3.63, 3.8) is 0 Å². The number of nitrogens with one attached hydrogen (secondary N) is 2. The summed E-state index contributed by atoms with van der Waals surface area (Å²) in [6.07, 6.45) is -3.80. The zero-order valence-corrected chi connectivity index (χ0v) is 16.6. The molecule has 0 saturated heterocycles. The number of ether oxygens (including phenoxy) is 1. The van der Waals surface area contributed by atoms with Gasteiger partial charge in [0.15, 0.2) is 6.61 Å². The van der Waals surface area contributed by atoms with Gasteiger partial charge < -0.3 is 10.1 Å². The van der Waals surface area contributed by atoms with Gasteiger partial charge in [0.05, 0.1) is 10.5 Å². The Labute approximate surface area is 167 Å². The number of hydrogen-bond acceptors (Lipinski definition) is 4. The summed E-state index contributed by atoms with van der Waals surface area (Å²) < 4.78 is 69.7. The summed E-state index contributed by atoms with van der Waals surface area (Å²) in [5.41, 5.74) is -0.617. The van der Waals surface area contributed by atoms with E-state index in [-0.39, 0.29) is 22.4 Å². The van der Waals surface area contributed by atoms with Crippen LogP contribution >= 0.6 is 0 Å². The van der Waals surface area contributed by atoms with Crippen molar-refractivity contribution in [2.45, 2.75) is 37.4 Å².